The fourth-order valence-electron chi connectivity index (χ4n) is 1.74. The maximum absolute atomic E-state index is 12.2. The average Bonchev–Trinajstić information content (AvgIpc) is 2.45. The second-order valence-corrected chi connectivity index (χ2v) is 5.94. The molecule has 0 aliphatic heterocycles. The van der Waals surface area contributed by atoms with Gasteiger partial charge in [-0.15, -0.1) is 0 Å². The van der Waals surface area contributed by atoms with Crippen LogP contribution in [-0.2, 0) is 16.6 Å². The van der Waals surface area contributed by atoms with E-state index in [0.717, 1.165) is 5.69 Å². The van der Waals surface area contributed by atoms with Crippen molar-refractivity contribution in [2.45, 2.75) is 18.4 Å². The van der Waals surface area contributed by atoms with Crippen LogP contribution in [0.15, 0.2) is 47.4 Å². The molecule has 1 aromatic heterocycles. The molecule has 1 aromatic carbocycles. The molecule has 0 unspecified atom stereocenters. The van der Waals surface area contributed by atoms with Crippen molar-refractivity contribution < 1.29 is 8.42 Å². The Morgan fingerprint density at radius 3 is 2.65 bits per heavy atom. The van der Waals surface area contributed by atoms with E-state index in [0.29, 0.717) is 5.69 Å². The van der Waals surface area contributed by atoms with Gasteiger partial charge in [-0.1, -0.05) is 18.2 Å². The highest BCUT2D eigenvalue weighted by molar-refractivity contribution is 7.89. The Kier molecular flexibility index (Phi) is 4.13. The normalized spacial score (nSPS) is 11.0. The highest BCUT2D eigenvalue weighted by Gasteiger charge is 2.17. The Bertz CT molecular complexity index is 764. The third-order valence-corrected chi connectivity index (χ3v) is 4.15. The second kappa shape index (κ2) is 5.82. The summed E-state index contributed by atoms with van der Waals surface area (Å²) in [7, 11) is -3.73. The summed E-state index contributed by atoms with van der Waals surface area (Å²) < 4.78 is 26.8. The van der Waals surface area contributed by atoms with Gasteiger partial charge in [0, 0.05) is 5.69 Å². The van der Waals surface area contributed by atoms with Gasteiger partial charge < -0.3 is 0 Å². The molecule has 20 heavy (non-hydrogen) atoms. The number of nitrogens with one attached hydrogen (secondary N) is 1. The molecule has 0 radical (unpaired) electrons. The number of pyridine rings is 1. The first-order valence-electron chi connectivity index (χ1n) is 5.94. The Morgan fingerprint density at radius 2 is 1.95 bits per heavy atom. The zero-order chi connectivity index (χ0) is 14.6. The van der Waals surface area contributed by atoms with Crippen LogP contribution in [0.2, 0.25) is 0 Å². The van der Waals surface area contributed by atoms with E-state index in [1.807, 2.05) is 25.1 Å². The van der Waals surface area contributed by atoms with Crippen molar-refractivity contribution in [1.82, 2.24) is 9.71 Å². The summed E-state index contributed by atoms with van der Waals surface area (Å²) in [6.45, 7) is 1.92. The SMILES string of the molecule is Cc1cccc(CNS(=O)(=O)c2ccccc2C#N)n1. The first kappa shape index (κ1) is 14.2. The number of sulfonamides is 1. The van der Waals surface area contributed by atoms with Crippen LogP contribution in [0.1, 0.15) is 17.0 Å². The van der Waals surface area contributed by atoms with Crippen molar-refractivity contribution in [3.05, 3.63) is 59.4 Å². The lowest BCUT2D eigenvalue weighted by Gasteiger charge is -2.08. The molecule has 0 bridgehead atoms. The Hall–Kier alpha value is -2.23. The second-order valence-electron chi connectivity index (χ2n) is 4.20. The van der Waals surface area contributed by atoms with Gasteiger partial charge in [-0.3, -0.25) is 4.98 Å². The van der Waals surface area contributed by atoms with Gasteiger partial charge >= 0.3 is 0 Å². The summed E-state index contributed by atoms with van der Waals surface area (Å²) in [5.74, 6) is 0. The average molecular weight is 287 g/mol. The van der Waals surface area contributed by atoms with Crippen LogP contribution >= 0.6 is 0 Å². The van der Waals surface area contributed by atoms with Gasteiger partial charge in [-0.05, 0) is 31.2 Å². The standard InChI is InChI=1S/C14H13N3O2S/c1-11-5-4-7-13(17-11)10-16-20(18,19)14-8-3-2-6-12(14)9-15/h2-8,16H,10H2,1H3. The van der Waals surface area contributed by atoms with E-state index in [9.17, 15) is 8.42 Å². The molecule has 1 heterocycles. The van der Waals surface area contributed by atoms with Gasteiger partial charge in [0.2, 0.25) is 10.0 Å². The van der Waals surface area contributed by atoms with Gasteiger partial charge in [0.1, 0.15) is 6.07 Å². The largest absolute Gasteiger partial charge is 0.257 e. The molecule has 0 saturated heterocycles. The molecule has 2 aromatic rings. The molecule has 0 aliphatic rings. The fraction of sp³-hybridized carbons (Fsp3) is 0.143. The summed E-state index contributed by atoms with van der Waals surface area (Å²) in [5.41, 5.74) is 1.57. The molecule has 0 spiro atoms. The number of nitriles is 1. The lowest BCUT2D eigenvalue weighted by atomic mass is 10.2. The van der Waals surface area contributed by atoms with Gasteiger partial charge in [-0.25, -0.2) is 13.1 Å². The number of benzene rings is 1. The third-order valence-electron chi connectivity index (χ3n) is 2.69. The van der Waals surface area contributed by atoms with E-state index in [1.165, 1.54) is 12.1 Å². The van der Waals surface area contributed by atoms with Crippen molar-refractivity contribution in [3.8, 4) is 6.07 Å². The Balaban J connectivity index is 2.22. The summed E-state index contributed by atoms with van der Waals surface area (Å²) in [6, 6.07) is 13.4. The van der Waals surface area contributed by atoms with E-state index in [2.05, 4.69) is 9.71 Å². The molecule has 0 atom stereocenters. The van der Waals surface area contributed by atoms with Crippen LogP contribution in [-0.4, -0.2) is 13.4 Å². The Labute approximate surface area is 118 Å². The smallest absolute Gasteiger partial charge is 0.242 e. The summed E-state index contributed by atoms with van der Waals surface area (Å²) in [4.78, 5) is 4.20. The molecule has 0 saturated carbocycles. The van der Waals surface area contributed by atoms with Crippen molar-refractivity contribution in [3.63, 3.8) is 0 Å². The number of hydrogen-bond donors (Lipinski definition) is 1. The molecular weight excluding hydrogens is 274 g/mol. The predicted octanol–water partition coefficient (Wildman–Crippen LogP) is 1.74. The number of rotatable bonds is 4. The maximum Gasteiger partial charge on any atom is 0.242 e. The highest BCUT2D eigenvalue weighted by Crippen LogP contribution is 2.14. The van der Waals surface area contributed by atoms with Gasteiger partial charge in [0.15, 0.2) is 0 Å². The monoisotopic (exact) mass is 287 g/mol. The van der Waals surface area contributed by atoms with Crippen molar-refractivity contribution in [2.24, 2.45) is 0 Å². The summed E-state index contributed by atoms with van der Waals surface area (Å²) in [6.07, 6.45) is 0. The summed E-state index contributed by atoms with van der Waals surface area (Å²) in [5, 5.41) is 8.95. The highest BCUT2D eigenvalue weighted by atomic mass is 32.2. The van der Waals surface area contributed by atoms with Crippen LogP contribution in [0.3, 0.4) is 0 Å². The predicted molar refractivity (Wildman–Crippen MR) is 74.2 cm³/mol. The van der Waals surface area contributed by atoms with Crippen LogP contribution in [0.4, 0.5) is 0 Å². The van der Waals surface area contributed by atoms with E-state index in [1.54, 1.807) is 18.2 Å². The fourth-order valence-corrected chi connectivity index (χ4v) is 2.89. The third kappa shape index (κ3) is 3.20. The van der Waals surface area contributed by atoms with Crippen LogP contribution < -0.4 is 4.72 Å². The number of aryl methyl sites for hydroxylation is 1. The van der Waals surface area contributed by atoms with Crippen LogP contribution in [0, 0.1) is 18.3 Å². The Morgan fingerprint density at radius 1 is 1.20 bits per heavy atom. The van der Waals surface area contributed by atoms with E-state index >= 15 is 0 Å². The lowest BCUT2D eigenvalue weighted by molar-refractivity contribution is 0.580. The molecule has 0 aliphatic carbocycles. The minimum atomic E-state index is -3.73. The van der Waals surface area contributed by atoms with Crippen molar-refractivity contribution in [2.75, 3.05) is 0 Å². The summed E-state index contributed by atoms with van der Waals surface area (Å²) >= 11 is 0. The zero-order valence-electron chi connectivity index (χ0n) is 10.9. The number of hydrogen-bond acceptors (Lipinski definition) is 4. The topological polar surface area (TPSA) is 82.9 Å². The van der Waals surface area contributed by atoms with Crippen LogP contribution in [0.5, 0.6) is 0 Å². The molecule has 0 amide bonds. The number of aromatic nitrogens is 1. The van der Waals surface area contributed by atoms with Crippen molar-refractivity contribution in [1.29, 1.82) is 5.26 Å². The zero-order valence-corrected chi connectivity index (χ0v) is 11.7. The van der Waals surface area contributed by atoms with Gasteiger partial charge in [0.05, 0.1) is 22.7 Å². The minimum absolute atomic E-state index is 0.0184. The van der Waals surface area contributed by atoms with Gasteiger partial charge in [-0.2, -0.15) is 5.26 Å². The number of nitrogens with zero attached hydrogens (tertiary/aromatic N) is 2. The molecule has 6 heteroatoms. The molecular formula is C14H13N3O2S. The van der Waals surface area contributed by atoms with E-state index in [4.69, 9.17) is 5.26 Å². The van der Waals surface area contributed by atoms with Crippen LogP contribution in [0.25, 0.3) is 0 Å². The molecule has 102 valence electrons. The maximum atomic E-state index is 12.2. The minimum Gasteiger partial charge on any atom is -0.257 e. The van der Waals surface area contributed by atoms with Crippen molar-refractivity contribution >= 4 is 10.0 Å². The molecule has 2 rings (SSSR count). The lowest BCUT2D eigenvalue weighted by Crippen LogP contribution is -2.24. The molecule has 0 fully saturated rings. The van der Waals surface area contributed by atoms with E-state index < -0.39 is 10.0 Å². The quantitative estimate of drug-likeness (QED) is 0.928. The van der Waals surface area contributed by atoms with E-state index in [-0.39, 0.29) is 17.0 Å². The molecule has 5 nitrogen and oxygen atoms in total. The van der Waals surface area contributed by atoms with Gasteiger partial charge in [0.25, 0.3) is 0 Å². The first-order chi connectivity index (χ1) is 9.53. The first-order valence-corrected chi connectivity index (χ1v) is 7.42. The molecule has 1 N–H and O–H groups in total.